The first-order valence-electron chi connectivity index (χ1n) is 15.9. The molecule has 5 rings (SSSR count). The predicted octanol–water partition coefficient (Wildman–Crippen LogP) is 6.16. The van der Waals surface area contributed by atoms with Crippen molar-refractivity contribution in [3.8, 4) is 16.9 Å². The number of ether oxygens (including phenoxy) is 2. The number of hydrogen-bond donors (Lipinski definition) is 2. The minimum absolute atomic E-state index is 0.230. The molecule has 0 spiro atoms. The van der Waals surface area contributed by atoms with Gasteiger partial charge in [0, 0.05) is 56.6 Å². The van der Waals surface area contributed by atoms with Gasteiger partial charge in [0.05, 0.1) is 12.8 Å². The van der Waals surface area contributed by atoms with E-state index in [9.17, 15) is 18.8 Å². The molecule has 0 radical (unpaired) electrons. The first-order chi connectivity index (χ1) is 23.8. The second-order valence-corrected chi connectivity index (χ2v) is 12.7. The number of nitrogens with zero attached hydrogens (tertiary/aromatic N) is 5. The first kappa shape index (κ1) is 35.3. The molecular weight excluding hydrogens is 641 g/mol. The summed E-state index contributed by atoms with van der Waals surface area (Å²) in [5, 5.41) is 10.6. The zero-order valence-corrected chi connectivity index (χ0v) is 28.9. The Kier molecular flexibility index (Phi) is 10.6. The summed E-state index contributed by atoms with van der Waals surface area (Å²) in [6.07, 6.45) is 1.38. The SMILES string of the molecule is COc1cc(C(=O)N(C)CCN(C)C(=O)OC(C)(C)C)ccc1Nc1nc2ccc(-c3ccc(C(=O)NCc4ccc(F)cc4)cc3)cn2n1. The number of aromatic nitrogens is 3. The van der Waals surface area contributed by atoms with Gasteiger partial charge in [0.25, 0.3) is 11.8 Å². The summed E-state index contributed by atoms with van der Waals surface area (Å²) in [4.78, 5) is 45.6. The summed E-state index contributed by atoms with van der Waals surface area (Å²) in [6, 6.07) is 22.0. The van der Waals surface area contributed by atoms with E-state index in [1.54, 1.807) is 81.8 Å². The van der Waals surface area contributed by atoms with Crippen LogP contribution in [0.3, 0.4) is 0 Å². The van der Waals surface area contributed by atoms with Crippen molar-refractivity contribution in [3.63, 3.8) is 0 Å². The van der Waals surface area contributed by atoms with Crippen molar-refractivity contribution in [1.82, 2.24) is 29.7 Å². The maximum absolute atomic E-state index is 13.2. The third kappa shape index (κ3) is 8.92. The van der Waals surface area contributed by atoms with Crippen molar-refractivity contribution in [2.45, 2.75) is 32.9 Å². The number of carbonyl (C=O) groups is 3. The van der Waals surface area contributed by atoms with Crippen molar-refractivity contribution in [1.29, 1.82) is 0 Å². The maximum atomic E-state index is 13.2. The summed E-state index contributed by atoms with van der Waals surface area (Å²) < 4.78 is 25.7. The molecule has 13 heteroatoms. The quantitative estimate of drug-likeness (QED) is 0.170. The van der Waals surface area contributed by atoms with E-state index in [0.29, 0.717) is 53.8 Å². The van der Waals surface area contributed by atoms with Crippen LogP contribution in [0.2, 0.25) is 0 Å². The third-order valence-electron chi connectivity index (χ3n) is 7.70. The van der Waals surface area contributed by atoms with Crippen LogP contribution in [0.15, 0.2) is 85.1 Å². The van der Waals surface area contributed by atoms with E-state index in [1.807, 2.05) is 30.5 Å². The number of amides is 3. The van der Waals surface area contributed by atoms with Gasteiger partial charge in [-0.1, -0.05) is 24.3 Å². The highest BCUT2D eigenvalue weighted by Gasteiger charge is 2.21. The second kappa shape index (κ2) is 15.1. The van der Waals surface area contributed by atoms with E-state index in [0.717, 1.165) is 16.7 Å². The lowest BCUT2D eigenvalue weighted by atomic mass is 10.1. The molecule has 0 saturated carbocycles. The van der Waals surface area contributed by atoms with E-state index < -0.39 is 11.7 Å². The number of carbonyl (C=O) groups excluding carboxylic acids is 3. The lowest BCUT2D eigenvalue weighted by Gasteiger charge is -2.26. The van der Waals surface area contributed by atoms with Gasteiger partial charge in [-0.05, 0) is 86.5 Å². The monoisotopic (exact) mass is 681 g/mol. The topological polar surface area (TPSA) is 130 Å². The maximum Gasteiger partial charge on any atom is 0.410 e. The standard InChI is InChI=1S/C37H40FN7O5/c1-37(2,3)50-36(48)44(5)20-19-43(4)34(47)27-13-17-30(31(21-27)49-6)40-35-41-32-18-14-28(23-45(32)42-35)25-9-11-26(12-10-25)33(46)39-22-24-7-15-29(38)16-8-24/h7-18,21,23H,19-20,22H2,1-6H3,(H,39,46)(H,40,42). The van der Waals surface area contributed by atoms with Crippen molar-refractivity contribution >= 4 is 35.2 Å². The molecule has 0 atom stereocenters. The molecule has 0 saturated heterocycles. The average molecular weight is 682 g/mol. The van der Waals surface area contributed by atoms with Crippen molar-refractivity contribution in [3.05, 3.63) is 108 Å². The van der Waals surface area contributed by atoms with Gasteiger partial charge in [-0.3, -0.25) is 9.59 Å². The molecule has 12 nitrogen and oxygen atoms in total. The fourth-order valence-corrected chi connectivity index (χ4v) is 4.91. The van der Waals surface area contributed by atoms with Crippen LogP contribution < -0.4 is 15.4 Å². The van der Waals surface area contributed by atoms with Gasteiger partial charge in [0.1, 0.15) is 17.2 Å². The van der Waals surface area contributed by atoms with Gasteiger partial charge in [0.15, 0.2) is 5.65 Å². The number of methoxy groups -OCH3 is 1. The Morgan fingerprint density at radius 1 is 0.860 bits per heavy atom. The number of nitrogens with one attached hydrogen (secondary N) is 2. The average Bonchev–Trinajstić information content (AvgIpc) is 3.50. The molecule has 0 fully saturated rings. The Hall–Kier alpha value is -5.98. The van der Waals surface area contributed by atoms with Crippen LogP contribution in [0.1, 0.15) is 47.1 Å². The van der Waals surface area contributed by atoms with Gasteiger partial charge in [0.2, 0.25) is 5.95 Å². The number of rotatable bonds is 11. The van der Waals surface area contributed by atoms with Crippen LogP contribution in [-0.4, -0.2) is 82.2 Å². The zero-order chi connectivity index (χ0) is 36.0. The first-order valence-corrected chi connectivity index (χ1v) is 15.9. The molecule has 2 N–H and O–H groups in total. The van der Waals surface area contributed by atoms with Crippen LogP contribution in [0.25, 0.3) is 16.8 Å². The Morgan fingerprint density at radius 2 is 1.52 bits per heavy atom. The van der Waals surface area contributed by atoms with Gasteiger partial charge in [-0.15, -0.1) is 5.10 Å². The Morgan fingerprint density at radius 3 is 2.20 bits per heavy atom. The van der Waals surface area contributed by atoms with Gasteiger partial charge < -0.3 is 29.9 Å². The number of benzene rings is 3. The molecule has 0 unspecified atom stereocenters. The summed E-state index contributed by atoms with van der Waals surface area (Å²) in [7, 11) is 4.81. The number of likely N-dealkylation sites (N-methyl/N-ethyl adjacent to an activating group) is 2. The minimum atomic E-state index is -0.605. The Balaban J connectivity index is 1.21. The third-order valence-corrected chi connectivity index (χ3v) is 7.70. The van der Waals surface area contributed by atoms with E-state index in [2.05, 4.69) is 20.7 Å². The van der Waals surface area contributed by atoms with Gasteiger partial charge in [-0.25, -0.2) is 13.7 Å². The normalized spacial score (nSPS) is 11.2. The molecule has 260 valence electrons. The molecule has 0 bridgehead atoms. The predicted molar refractivity (Wildman–Crippen MR) is 188 cm³/mol. The molecule has 3 aromatic carbocycles. The largest absolute Gasteiger partial charge is 0.495 e. The molecular formula is C37H40FN7O5. The molecule has 0 aliphatic carbocycles. The molecule has 3 amide bonds. The summed E-state index contributed by atoms with van der Waals surface area (Å²) in [5.41, 5.74) is 4.05. The highest BCUT2D eigenvalue weighted by atomic mass is 19.1. The van der Waals surface area contributed by atoms with Crippen molar-refractivity contribution in [2.75, 3.05) is 39.6 Å². The van der Waals surface area contributed by atoms with E-state index >= 15 is 0 Å². The van der Waals surface area contributed by atoms with Gasteiger partial charge >= 0.3 is 6.09 Å². The van der Waals surface area contributed by atoms with Crippen LogP contribution in [-0.2, 0) is 11.3 Å². The second-order valence-electron chi connectivity index (χ2n) is 12.7. The Bertz CT molecular complexity index is 1990. The Labute approximate surface area is 289 Å². The number of pyridine rings is 1. The highest BCUT2D eigenvalue weighted by molar-refractivity contribution is 5.95. The molecule has 2 heterocycles. The smallest absolute Gasteiger partial charge is 0.410 e. The van der Waals surface area contributed by atoms with E-state index in [1.165, 1.54) is 29.0 Å². The lowest BCUT2D eigenvalue weighted by Crippen LogP contribution is -2.39. The van der Waals surface area contributed by atoms with E-state index in [4.69, 9.17) is 9.47 Å². The fourth-order valence-electron chi connectivity index (χ4n) is 4.91. The van der Waals surface area contributed by atoms with Crippen LogP contribution in [0.4, 0.5) is 20.8 Å². The highest BCUT2D eigenvalue weighted by Crippen LogP contribution is 2.29. The zero-order valence-electron chi connectivity index (χ0n) is 28.9. The number of fused-ring (bicyclic) bond motifs is 1. The molecule has 0 aliphatic heterocycles. The molecule has 50 heavy (non-hydrogen) atoms. The molecule has 2 aromatic heterocycles. The number of anilines is 2. The lowest BCUT2D eigenvalue weighted by molar-refractivity contribution is 0.0283. The number of halogens is 1. The van der Waals surface area contributed by atoms with Crippen LogP contribution in [0.5, 0.6) is 5.75 Å². The van der Waals surface area contributed by atoms with Crippen LogP contribution >= 0.6 is 0 Å². The fraction of sp³-hybridized carbons (Fsp3) is 0.270. The van der Waals surface area contributed by atoms with Crippen LogP contribution in [0, 0.1) is 5.82 Å². The molecule has 0 aliphatic rings. The number of hydrogen-bond acceptors (Lipinski definition) is 8. The van der Waals surface area contributed by atoms with E-state index in [-0.39, 0.29) is 17.6 Å². The summed E-state index contributed by atoms with van der Waals surface area (Å²) >= 11 is 0. The van der Waals surface area contributed by atoms with Gasteiger partial charge in [-0.2, -0.15) is 4.98 Å². The van der Waals surface area contributed by atoms with Crippen molar-refractivity contribution < 1.29 is 28.2 Å². The summed E-state index contributed by atoms with van der Waals surface area (Å²) in [6.45, 7) is 6.31. The molecule has 5 aromatic rings. The van der Waals surface area contributed by atoms with Crippen molar-refractivity contribution in [2.24, 2.45) is 0 Å². The minimum Gasteiger partial charge on any atom is -0.495 e. The summed E-state index contributed by atoms with van der Waals surface area (Å²) in [5.74, 6) is -0.0291.